The van der Waals surface area contributed by atoms with Gasteiger partial charge in [0.15, 0.2) is 0 Å². The first-order valence-electron chi connectivity index (χ1n) is 6.66. The summed E-state index contributed by atoms with van der Waals surface area (Å²) in [7, 11) is 1.57. The number of para-hydroxylation sites is 1. The molecule has 0 aromatic heterocycles. The van der Waals surface area contributed by atoms with Gasteiger partial charge in [0, 0.05) is 18.7 Å². The van der Waals surface area contributed by atoms with Crippen LogP contribution in [0.5, 0.6) is 0 Å². The number of rotatable bonds is 6. The number of amides is 1. The average Bonchev–Trinajstić information content (AvgIpc) is 2.45. The number of nitro groups is 1. The average molecular weight is 279 g/mol. The molecular weight excluding hydrogens is 258 g/mol. The van der Waals surface area contributed by atoms with Crippen LogP contribution in [0.2, 0.25) is 0 Å². The molecule has 0 spiro atoms. The third-order valence-corrected chi connectivity index (χ3v) is 3.71. The lowest BCUT2D eigenvalue weighted by Crippen LogP contribution is -2.45. The molecule has 1 aromatic rings. The van der Waals surface area contributed by atoms with Gasteiger partial charge in [0.25, 0.3) is 11.6 Å². The third-order valence-electron chi connectivity index (χ3n) is 3.71. The lowest BCUT2D eigenvalue weighted by molar-refractivity contribution is -0.384. The van der Waals surface area contributed by atoms with Crippen LogP contribution < -0.4 is 10.6 Å². The highest BCUT2D eigenvalue weighted by Crippen LogP contribution is 2.28. The maximum atomic E-state index is 12.4. The monoisotopic (exact) mass is 279 g/mol. The van der Waals surface area contributed by atoms with E-state index in [1.165, 1.54) is 12.1 Å². The van der Waals surface area contributed by atoms with Gasteiger partial charge in [-0.05, 0) is 25.8 Å². The largest absolute Gasteiger partial charge is 0.382 e. The summed E-state index contributed by atoms with van der Waals surface area (Å²) in [5.41, 5.74) is 0.112. The van der Waals surface area contributed by atoms with Crippen LogP contribution in [0.15, 0.2) is 18.2 Å². The second-order valence-corrected chi connectivity index (χ2v) is 4.93. The minimum Gasteiger partial charge on any atom is -0.382 e. The molecule has 0 radical (unpaired) electrons. The molecule has 1 aromatic carbocycles. The Bertz CT molecular complexity index is 510. The predicted molar refractivity (Wildman–Crippen MR) is 79.1 cm³/mol. The molecule has 6 nitrogen and oxygen atoms in total. The normalized spacial score (nSPS) is 11.0. The standard InChI is InChI=1S/C14H21N3O3/c1-5-14(3,6-2)16-13(18)10-8-7-9-11(17(19)20)12(10)15-4/h7-9,15H,5-6H2,1-4H3,(H,16,18). The molecule has 2 N–H and O–H groups in total. The SMILES string of the molecule is CCC(C)(CC)NC(=O)c1cccc([N+](=O)[O-])c1NC. The maximum Gasteiger partial charge on any atom is 0.293 e. The molecule has 20 heavy (non-hydrogen) atoms. The number of benzene rings is 1. The van der Waals surface area contributed by atoms with Crippen LogP contribution in [-0.4, -0.2) is 23.4 Å². The van der Waals surface area contributed by atoms with Crippen molar-refractivity contribution in [2.24, 2.45) is 0 Å². The lowest BCUT2D eigenvalue weighted by atomic mass is 9.95. The summed E-state index contributed by atoms with van der Waals surface area (Å²) in [6.07, 6.45) is 1.58. The van der Waals surface area contributed by atoms with Crippen LogP contribution in [0.4, 0.5) is 11.4 Å². The van der Waals surface area contributed by atoms with E-state index in [2.05, 4.69) is 10.6 Å². The molecule has 0 aliphatic rings. The predicted octanol–water partition coefficient (Wildman–Crippen LogP) is 2.95. The Balaban J connectivity index is 3.17. The van der Waals surface area contributed by atoms with Gasteiger partial charge >= 0.3 is 0 Å². The minimum atomic E-state index is -0.499. The van der Waals surface area contributed by atoms with Gasteiger partial charge in [-0.25, -0.2) is 0 Å². The molecule has 0 fully saturated rings. The zero-order valence-corrected chi connectivity index (χ0v) is 12.3. The van der Waals surface area contributed by atoms with Crippen molar-refractivity contribution in [2.75, 3.05) is 12.4 Å². The van der Waals surface area contributed by atoms with Crippen molar-refractivity contribution in [1.29, 1.82) is 0 Å². The molecule has 1 rings (SSSR count). The third kappa shape index (κ3) is 3.26. The first kappa shape index (κ1) is 15.9. The lowest BCUT2D eigenvalue weighted by Gasteiger charge is -2.28. The highest BCUT2D eigenvalue weighted by molar-refractivity contribution is 6.01. The van der Waals surface area contributed by atoms with E-state index in [4.69, 9.17) is 0 Å². The number of carbonyl (C=O) groups excluding carboxylic acids is 1. The Morgan fingerprint density at radius 1 is 1.35 bits per heavy atom. The second kappa shape index (κ2) is 6.36. The van der Waals surface area contributed by atoms with E-state index >= 15 is 0 Å². The maximum absolute atomic E-state index is 12.4. The summed E-state index contributed by atoms with van der Waals surface area (Å²) in [5.74, 6) is -0.302. The van der Waals surface area contributed by atoms with Gasteiger partial charge in [0.05, 0.1) is 10.5 Å². The summed E-state index contributed by atoms with van der Waals surface area (Å²) < 4.78 is 0. The number of carbonyl (C=O) groups is 1. The van der Waals surface area contributed by atoms with Crippen LogP contribution in [0.3, 0.4) is 0 Å². The van der Waals surface area contributed by atoms with Crippen molar-refractivity contribution >= 4 is 17.3 Å². The van der Waals surface area contributed by atoms with Crippen LogP contribution in [0.1, 0.15) is 44.0 Å². The number of hydrogen-bond acceptors (Lipinski definition) is 4. The van der Waals surface area contributed by atoms with Gasteiger partial charge in [0.1, 0.15) is 5.69 Å². The zero-order chi connectivity index (χ0) is 15.3. The van der Waals surface area contributed by atoms with Gasteiger partial charge in [-0.1, -0.05) is 19.9 Å². The Kier molecular flexibility index (Phi) is 5.07. The Hall–Kier alpha value is -2.11. The Labute approximate surface area is 118 Å². The van der Waals surface area contributed by atoms with Gasteiger partial charge in [-0.2, -0.15) is 0 Å². The van der Waals surface area contributed by atoms with Crippen molar-refractivity contribution < 1.29 is 9.72 Å². The number of nitro benzene ring substituents is 1. The summed E-state index contributed by atoms with van der Waals surface area (Å²) in [6.45, 7) is 5.95. The van der Waals surface area contributed by atoms with E-state index in [0.717, 1.165) is 12.8 Å². The topological polar surface area (TPSA) is 84.3 Å². The van der Waals surface area contributed by atoms with Crippen LogP contribution in [0, 0.1) is 10.1 Å². The number of anilines is 1. The summed E-state index contributed by atoms with van der Waals surface area (Å²) in [6, 6.07) is 4.48. The second-order valence-electron chi connectivity index (χ2n) is 4.93. The molecule has 0 saturated carbocycles. The highest BCUT2D eigenvalue weighted by Gasteiger charge is 2.26. The van der Waals surface area contributed by atoms with Crippen molar-refractivity contribution in [2.45, 2.75) is 39.2 Å². The van der Waals surface area contributed by atoms with Crippen molar-refractivity contribution in [3.8, 4) is 0 Å². The minimum absolute atomic E-state index is 0.102. The van der Waals surface area contributed by atoms with Crippen LogP contribution in [-0.2, 0) is 0 Å². The van der Waals surface area contributed by atoms with E-state index in [1.807, 2.05) is 20.8 Å². The molecule has 0 aliphatic carbocycles. The number of nitrogens with zero attached hydrogens (tertiary/aromatic N) is 1. The van der Waals surface area contributed by atoms with Gasteiger partial charge in [-0.15, -0.1) is 0 Å². The van der Waals surface area contributed by atoms with Gasteiger partial charge in [0.2, 0.25) is 0 Å². The molecule has 0 saturated heterocycles. The zero-order valence-electron chi connectivity index (χ0n) is 12.3. The van der Waals surface area contributed by atoms with Crippen molar-refractivity contribution in [1.82, 2.24) is 5.32 Å². The molecule has 110 valence electrons. The fourth-order valence-corrected chi connectivity index (χ4v) is 1.91. The quantitative estimate of drug-likeness (QED) is 0.619. The molecule has 0 atom stereocenters. The van der Waals surface area contributed by atoms with E-state index < -0.39 is 4.92 Å². The molecular formula is C14H21N3O3. The first-order chi connectivity index (χ1) is 9.38. The highest BCUT2D eigenvalue weighted by atomic mass is 16.6. The fraction of sp³-hybridized carbons (Fsp3) is 0.500. The first-order valence-corrected chi connectivity index (χ1v) is 6.66. The fourth-order valence-electron chi connectivity index (χ4n) is 1.91. The molecule has 0 unspecified atom stereocenters. The summed E-state index contributed by atoms with van der Waals surface area (Å²) in [5, 5.41) is 16.7. The summed E-state index contributed by atoms with van der Waals surface area (Å²) >= 11 is 0. The Morgan fingerprint density at radius 3 is 2.40 bits per heavy atom. The molecule has 0 heterocycles. The van der Waals surface area contributed by atoms with Crippen molar-refractivity contribution in [3.05, 3.63) is 33.9 Å². The van der Waals surface area contributed by atoms with E-state index in [9.17, 15) is 14.9 Å². The smallest absolute Gasteiger partial charge is 0.293 e. The van der Waals surface area contributed by atoms with Crippen LogP contribution >= 0.6 is 0 Å². The molecule has 0 bridgehead atoms. The molecule has 0 aliphatic heterocycles. The van der Waals surface area contributed by atoms with Gasteiger partial charge in [-0.3, -0.25) is 14.9 Å². The van der Waals surface area contributed by atoms with E-state index in [0.29, 0.717) is 0 Å². The Morgan fingerprint density at radius 2 is 1.95 bits per heavy atom. The number of nitrogens with one attached hydrogen (secondary N) is 2. The van der Waals surface area contributed by atoms with E-state index in [-0.39, 0.29) is 28.4 Å². The molecule has 6 heteroatoms. The van der Waals surface area contributed by atoms with Crippen LogP contribution in [0.25, 0.3) is 0 Å². The van der Waals surface area contributed by atoms with Gasteiger partial charge < -0.3 is 10.6 Å². The van der Waals surface area contributed by atoms with E-state index in [1.54, 1.807) is 13.1 Å². The molecule has 1 amide bonds. The number of hydrogen-bond donors (Lipinski definition) is 2. The van der Waals surface area contributed by atoms with Crippen molar-refractivity contribution in [3.63, 3.8) is 0 Å². The summed E-state index contributed by atoms with van der Waals surface area (Å²) in [4.78, 5) is 22.8.